The molecule has 0 radical (unpaired) electrons. The molecule has 19 heavy (non-hydrogen) atoms. The number of aryl methyl sites for hydroxylation is 1. The van der Waals surface area contributed by atoms with Crippen LogP contribution < -0.4 is 0 Å². The molecule has 2 rings (SSSR count). The zero-order chi connectivity index (χ0) is 14.0. The van der Waals surface area contributed by atoms with Crippen LogP contribution in [-0.2, 0) is 19.4 Å². The maximum absolute atomic E-state index is 12.2. The van der Waals surface area contributed by atoms with Gasteiger partial charge in [0.2, 0.25) is 0 Å². The Morgan fingerprint density at radius 1 is 1.42 bits per heavy atom. The molecule has 0 spiro atoms. The van der Waals surface area contributed by atoms with Gasteiger partial charge in [0.1, 0.15) is 0 Å². The van der Waals surface area contributed by atoms with Crippen LogP contribution in [0.15, 0.2) is 29.2 Å². The van der Waals surface area contributed by atoms with E-state index in [2.05, 4.69) is 0 Å². The molecule has 2 atom stereocenters. The van der Waals surface area contributed by atoms with E-state index in [1.54, 1.807) is 18.2 Å². The molecule has 1 aromatic rings. The number of carboxylic acids is 1. The van der Waals surface area contributed by atoms with Crippen LogP contribution in [-0.4, -0.2) is 37.5 Å². The summed E-state index contributed by atoms with van der Waals surface area (Å²) in [5.41, 5.74) is 0.872. The molecular formula is C13H16O5S. The molecule has 0 amide bonds. The Labute approximate surface area is 112 Å². The van der Waals surface area contributed by atoms with E-state index in [4.69, 9.17) is 9.84 Å². The van der Waals surface area contributed by atoms with Gasteiger partial charge in [-0.15, -0.1) is 0 Å². The predicted octanol–water partition coefficient (Wildman–Crippen LogP) is 1.40. The zero-order valence-electron chi connectivity index (χ0n) is 10.6. The van der Waals surface area contributed by atoms with Crippen molar-refractivity contribution in [2.24, 2.45) is 0 Å². The topological polar surface area (TPSA) is 80.7 Å². The quantitative estimate of drug-likeness (QED) is 0.904. The second-order valence-corrected chi connectivity index (χ2v) is 6.79. The van der Waals surface area contributed by atoms with Crippen molar-refractivity contribution in [3.63, 3.8) is 0 Å². The number of carbonyl (C=O) groups is 1. The summed E-state index contributed by atoms with van der Waals surface area (Å²) in [4.78, 5) is 11.0. The van der Waals surface area contributed by atoms with Gasteiger partial charge in [0.15, 0.2) is 15.9 Å². The molecule has 5 nitrogen and oxygen atoms in total. The highest BCUT2D eigenvalue weighted by atomic mass is 32.2. The van der Waals surface area contributed by atoms with Crippen LogP contribution in [0.4, 0.5) is 0 Å². The average Bonchev–Trinajstić information content (AvgIpc) is 2.77. The van der Waals surface area contributed by atoms with Gasteiger partial charge in [-0.05, 0) is 37.5 Å². The molecule has 1 aromatic carbocycles. The molecule has 0 saturated carbocycles. The number of carboxylic acid groups (broad SMARTS) is 1. The lowest BCUT2D eigenvalue weighted by Gasteiger charge is -2.12. The summed E-state index contributed by atoms with van der Waals surface area (Å²) in [7, 11) is -3.43. The smallest absolute Gasteiger partial charge is 0.332 e. The molecule has 0 aliphatic carbocycles. The third-order valence-electron chi connectivity index (χ3n) is 3.14. The van der Waals surface area contributed by atoms with E-state index in [0.717, 1.165) is 5.56 Å². The van der Waals surface area contributed by atoms with Gasteiger partial charge < -0.3 is 9.84 Å². The van der Waals surface area contributed by atoms with E-state index in [1.807, 2.05) is 13.0 Å². The largest absolute Gasteiger partial charge is 0.479 e. The monoisotopic (exact) mass is 284 g/mol. The number of aliphatic carboxylic acids is 1. The molecule has 1 heterocycles. The normalized spacial score (nSPS) is 23.4. The van der Waals surface area contributed by atoms with Gasteiger partial charge in [0.05, 0.1) is 16.8 Å². The van der Waals surface area contributed by atoms with Crippen LogP contribution in [0.2, 0.25) is 0 Å². The first kappa shape index (κ1) is 14.0. The molecular weight excluding hydrogens is 268 g/mol. The molecule has 0 aromatic heterocycles. The van der Waals surface area contributed by atoms with E-state index >= 15 is 0 Å². The van der Waals surface area contributed by atoms with Crippen molar-refractivity contribution in [1.29, 1.82) is 0 Å². The summed E-state index contributed by atoms with van der Waals surface area (Å²) in [6, 6.07) is 6.67. The van der Waals surface area contributed by atoms with Crippen LogP contribution in [0.25, 0.3) is 0 Å². The molecule has 1 fully saturated rings. The second kappa shape index (κ2) is 5.30. The van der Waals surface area contributed by atoms with E-state index < -0.39 is 28.0 Å². The Morgan fingerprint density at radius 3 is 2.74 bits per heavy atom. The van der Waals surface area contributed by atoms with Crippen molar-refractivity contribution >= 4 is 15.8 Å². The molecule has 1 aliphatic rings. The van der Waals surface area contributed by atoms with Crippen molar-refractivity contribution in [1.82, 2.24) is 0 Å². The van der Waals surface area contributed by atoms with Crippen LogP contribution in [0.1, 0.15) is 18.4 Å². The molecule has 2 unspecified atom stereocenters. The minimum atomic E-state index is -3.43. The number of benzene rings is 1. The standard InChI is InChI=1S/C13H16O5S/c1-9-3-2-4-11(7-9)19(16,17)8-10-5-6-12(18-10)13(14)15/h2-4,7,10,12H,5-6,8H2,1H3,(H,14,15). The van der Waals surface area contributed by atoms with E-state index in [1.165, 1.54) is 0 Å². The van der Waals surface area contributed by atoms with Crippen molar-refractivity contribution in [3.8, 4) is 0 Å². The first-order valence-electron chi connectivity index (χ1n) is 6.06. The lowest BCUT2D eigenvalue weighted by molar-refractivity contribution is -0.148. The number of hydrogen-bond donors (Lipinski definition) is 1. The first-order chi connectivity index (χ1) is 8.88. The predicted molar refractivity (Wildman–Crippen MR) is 68.8 cm³/mol. The summed E-state index contributed by atoms with van der Waals surface area (Å²) in [6.07, 6.45) is -0.588. The van der Waals surface area contributed by atoms with Gasteiger partial charge in [0, 0.05) is 0 Å². The maximum atomic E-state index is 12.2. The number of hydrogen-bond acceptors (Lipinski definition) is 4. The minimum Gasteiger partial charge on any atom is -0.479 e. The highest BCUT2D eigenvalue weighted by Gasteiger charge is 2.33. The first-order valence-corrected chi connectivity index (χ1v) is 7.71. The maximum Gasteiger partial charge on any atom is 0.332 e. The highest BCUT2D eigenvalue weighted by Crippen LogP contribution is 2.23. The molecule has 0 bridgehead atoms. The Kier molecular flexibility index (Phi) is 3.91. The third-order valence-corrected chi connectivity index (χ3v) is 4.92. The fraction of sp³-hybridized carbons (Fsp3) is 0.462. The van der Waals surface area contributed by atoms with Gasteiger partial charge in [-0.3, -0.25) is 0 Å². The van der Waals surface area contributed by atoms with Crippen molar-refractivity contribution in [3.05, 3.63) is 29.8 Å². The Morgan fingerprint density at radius 2 is 2.16 bits per heavy atom. The Hall–Kier alpha value is -1.40. The SMILES string of the molecule is Cc1cccc(S(=O)(=O)CC2CCC(C(=O)O)O2)c1. The van der Waals surface area contributed by atoms with E-state index in [0.29, 0.717) is 12.8 Å². The summed E-state index contributed by atoms with van der Waals surface area (Å²) in [5, 5.41) is 8.81. The number of rotatable bonds is 4. The Bertz CT molecular complexity index is 578. The molecule has 6 heteroatoms. The van der Waals surface area contributed by atoms with Crippen molar-refractivity contribution in [2.75, 3.05) is 5.75 Å². The van der Waals surface area contributed by atoms with Gasteiger partial charge >= 0.3 is 5.97 Å². The molecule has 104 valence electrons. The van der Waals surface area contributed by atoms with Gasteiger partial charge in [0.25, 0.3) is 0 Å². The summed E-state index contributed by atoms with van der Waals surface area (Å²) in [5.74, 6) is -1.20. The summed E-state index contributed by atoms with van der Waals surface area (Å²) >= 11 is 0. The average molecular weight is 284 g/mol. The van der Waals surface area contributed by atoms with Crippen LogP contribution >= 0.6 is 0 Å². The molecule has 1 saturated heterocycles. The van der Waals surface area contributed by atoms with Crippen LogP contribution in [0.3, 0.4) is 0 Å². The number of ether oxygens (including phenoxy) is 1. The lowest BCUT2D eigenvalue weighted by atomic mass is 10.2. The van der Waals surface area contributed by atoms with Gasteiger partial charge in [-0.25, -0.2) is 13.2 Å². The fourth-order valence-corrected chi connectivity index (χ4v) is 3.74. The summed E-state index contributed by atoms with van der Waals surface area (Å²) in [6.45, 7) is 1.82. The van der Waals surface area contributed by atoms with Crippen LogP contribution in [0.5, 0.6) is 0 Å². The van der Waals surface area contributed by atoms with Crippen molar-refractivity contribution < 1.29 is 23.1 Å². The van der Waals surface area contributed by atoms with E-state index in [9.17, 15) is 13.2 Å². The minimum absolute atomic E-state index is 0.166. The van der Waals surface area contributed by atoms with Gasteiger partial charge in [-0.2, -0.15) is 0 Å². The van der Waals surface area contributed by atoms with Crippen molar-refractivity contribution in [2.45, 2.75) is 36.9 Å². The summed E-state index contributed by atoms with van der Waals surface area (Å²) < 4.78 is 29.6. The zero-order valence-corrected chi connectivity index (χ0v) is 11.4. The highest BCUT2D eigenvalue weighted by molar-refractivity contribution is 7.91. The Balaban J connectivity index is 2.09. The fourth-order valence-electron chi connectivity index (χ4n) is 2.16. The third kappa shape index (κ3) is 3.33. The number of sulfone groups is 1. The molecule has 1 aliphatic heterocycles. The van der Waals surface area contributed by atoms with Gasteiger partial charge in [-0.1, -0.05) is 12.1 Å². The van der Waals surface area contributed by atoms with E-state index in [-0.39, 0.29) is 10.6 Å². The molecule has 1 N–H and O–H groups in total. The lowest BCUT2D eigenvalue weighted by Crippen LogP contribution is -2.25. The second-order valence-electron chi connectivity index (χ2n) is 4.76. The van der Waals surface area contributed by atoms with Crippen LogP contribution in [0, 0.1) is 6.92 Å².